The molecule has 0 N–H and O–H groups in total. The van der Waals surface area contributed by atoms with E-state index in [1.807, 2.05) is 6.92 Å². The van der Waals surface area contributed by atoms with Crippen LogP contribution in [0.1, 0.15) is 47.6 Å². The number of carbonyl (C=O) groups excluding carboxylic acids is 3. The Morgan fingerprint density at radius 1 is 0.909 bits per heavy atom. The van der Waals surface area contributed by atoms with Crippen molar-refractivity contribution in [2.75, 3.05) is 11.4 Å². The summed E-state index contributed by atoms with van der Waals surface area (Å²) in [6.45, 7) is 3.87. The van der Waals surface area contributed by atoms with E-state index in [9.17, 15) is 14.4 Å². The largest absolute Gasteiger partial charge is 0.271 e. The van der Waals surface area contributed by atoms with Gasteiger partial charge in [0.05, 0.1) is 17.4 Å². The van der Waals surface area contributed by atoms with Crippen LogP contribution < -0.4 is 4.90 Å². The van der Waals surface area contributed by atoms with Gasteiger partial charge in [-0.05, 0) is 80.2 Å². The second kappa shape index (κ2) is 11.1. The van der Waals surface area contributed by atoms with Crippen LogP contribution >= 0.6 is 11.6 Å². The summed E-state index contributed by atoms with van der Waals surface area (Å²) in [5, 5.41) is 16.6. The molecule has 4 atom stereocenters. The van der Waals surface area contributed by atoms with Crippen LogP contribution in [0.25, 0.3) is 6.08 Å². The summed E-state index contributed by atoms with van der Waals surface area (Å²) in [4.78, 5) is 41.9. The molecule has 1 saturated carbocycles. The summed E-state index contributed by atoms with van der Waals surface area (Å²) in [7, 11) is 0. The van der Waals surface area contributed by atoms with E-state index in [0.29, 0.717) is 10.7 Å². The number of anilines is 1. The standard InChI is InChI=1S/C34H31ClN6O3/c1-20-6-10-22(11-7-20)18-24-4-3-5-27-29(24)37-41(31(27)23-12-8-21(2)9-13-23)28(42)19-39-32-30(36-38-39)33(43)40(34(32)44)26-16-14-25(35)15-17-26/h6-18,27,30-32H,3-5,19H2,1-2H3/b24-18+/t27-,30+,31+,32+/m1/s1. The number of rotatable bonds is 5. The van der Waals surface area contributed by atoms with Crippen molar-refractivity contribution in [2.24, 2.45) is 21.4 Å². The number of nitrogens with zero attached hydrogens (tertiary/aromatic N) is 6. The van der Waals surface area contributed by atoms with Crippen LogP contribution in [-0.2, 0) is 14.4 Å². The van der Waals surface area contributed by atoms with Crippen LogP contribution in [0.2, 0.25) is 5.02 Å². The number of benzene rings is 3. The van der Waals surface area contributed by atoms with Gasteiger partial charge in [0.2, 0.25) is 0 Å². The summed E-state index contributed by atoms with van der Waals surface area (Å²) >= 11 is 6.01. The Balaban J connectivity index is 1.18. The molecule has 3 aromatic carbocycles. The van der Waals surface area contributed by atoms with Crippen LogP contribution in [0.15, 0.2) is 93.8 Å². The first-order valence-corrected chi connectivity index (χ1v) is 15.2. The fourth-order valence-corrected chi connectivity index (χ4v) is 6.70. The third-order valence-corrected chi connectivity index (χ3v) is 9.09. The summed E-state index contributed by atoms with van der Waals surface area (Å²) in [5.74, 6) is -1.22. The Morgan fingerprint density at radius 2 is 1.59 bits per heavy atom. The van der Waals surface area contributed by atoms with E-state index in [2.05, 4.69) is 71.9 Å². The molecular weight excluding hydrogens is 576 g/mol. The average molecular weight is 607 g/mol. The summed E-state index contributed by atoms with van der Waals surface area (Å²) in [6, 6.07) is 20.8. The molecule has 3 heterocycles. The molecule has 0 spiro atoms. The number of halogens is 1. The molecule has 222 valence electrons. The molecule has 0 aromatic heterocycles. The van der Waals surface area contributed by atoms with Crippen molar-refractivity contribution in [1.82, 2.24) is 10.0 Å². The Bertz CT molecular complexity index is 1730. The third-order valence-electron chi connectivity index (χ3n) is 8.83. The average Bonchev–Trinajstić information content (AvgIpc) is 3.69. The molecule has 9 nitrogen and oxygen atoms in total. The van der Waals surface area contributed by atoms with E-state index in [1.165, 1.54) is 10.6 Å². The first kappa shape index (κ1) is 28.2. The van der Waals surface area contributed by atoms with Gasteiger partial charge in [0, 0.05) is 10.9 Å². The topological polar surface area (TPSA) is 98.0 Å². The minimum Gasteiger partial charge on any atom is -0.271 e. The Kier molecular flexibility index (Phi) is 7.13. The Morgan fingerprint density at radius 3 is 2.30 bits per heavy atom. The van der Waals surface area contributed by atoms with Crippen molar-refractivity contribution in [1.29, 1.82) is 0 Å². The lowest BCUT2D eigenvalue weighted by atomic mass is 9.77. The highest BCUT2D eigenvalue weighted by atomic mass is 35.5. The van der Waals surface area contributed by atoms with Gasteiger partial charge in [-0.2, -0.15) is 10.2 Å². The van der Waals surface area contributed by atoms with Gasteiger partial charge < -0.3 is 0 Å². The highest BCUT2D eigenvalue weighted by Gasteiger charge is 2.55. The van der Waals surface area contributed by atoms with Crippen LogP contribution in [0.3, 0.4) is 0 Å². The van der Waals surface area contributed by atoms with Crippen LogP contribution in [0.4, 0.5) is 5.69 Å². The van der Waals surface area contributed by atoms with Crippen molar-refractivity contribution >= 4 is 46.8 Å². The summed E-state index contributed by atoms with van der Waals surface area (Å²) in [6.07, 6.45) is 4.96. The van der Waals surface area contributed by atoms with E-state index >= 15 is 0 Å². The molecule has 3 amide bonds. The second-order valence-electron chi connectivity index (χ2n) is 11.8. The normalized spacial score (nSPS) is 25.1. The number of fused-ring (bicyclic) bond motifs is 2. The smallest absolute Gasteiger partial charge is 0.264 e. The van der Waals surface area contributed by atoms with Crippen LogP contribution in [0.5, 0.6) is 0 Å². The maximum atomic E-state index is 14.1. The molecule has 7 rings (SSSR count). The maximum Gasteiger partial charge on any atom is 0.264 e. The van der Waals surface area contributed by atoms with Gasteiger partial charge in [0.25, 0.3) is 17.7 Å². The van der Waals surface area contributed by atoms with Crippen molar-refractivity contribution in [2.45, 2.75) is 51.2 Å². The van der Waals surface area contributed by atoms with Crippen molar-refractivity contribution in [3.05, 3.63) is 106 Å². The number of amides is 3. The number of imide groups is 1. The van der Waals surface area contributed by atoms with E-state index in [1.54, 1.807) is 29.3 Å². The lowest BCUT2D eigenvalue weighted by molar-refractivity contribution is -0.136. The van der Waals surface area contributed by atoms with Gasteiger partial charge in [0.15, 0.2) is 12.1 Å². The van der Waals surface area contributed by atoms with E-state index in [4.69, 9.17) is 16.7 Å². The van der Waals surface area contributed by atoms with Gasteiger partial charge in [-0.1, -0.05) is 76.5 Å². The van der Waals surface area contributed by atoms with Gasteiger partial charge in [-0.25, -0.2) is 9.91 Å². The van der Waals surface area contributed by atoms with Gasteiger partial charge >= 0.3 is 0 Å². The number of aryl methyl sites for hydroxylation is 2. The fourth-order valence-electron chi connectivity index (χ4n) is 6.58. The van der Waals surface area contributed by atoms with Crippen molar-refractivity contribution in [3.8, 4) is 0 Å². The molecule has 1 aliphatic carbocycles. The number of carbonyl (C=O) groups is 3. The molecule has 0 radical (unpaired) electrons. The molecule has 2 fully saturated rings. The van der Waals surface area contributed by atoms with E-state index < -0.39 is 23.9 Å². The van der Waals surface area contributed by atoms with Crippen molar-refractivity contribution < 1.29 is 14.4 Å². The Hall–Kier alpha value is -4.63. The van der Waals surface area contributed by atoms with Gasteiger partial charge in [0.1, 0.15) is 6.54 Å². The highest BCUT2D eigenvalue weighted by Crippen LogP contribution is 2.45. The SMILES string of the molecule is Cc1ccc(/C=C2\CCC[C@@H]3C2=NN(C(=O)CN2N=N[C@@H]4C(=O)N(c5ccc(Cl)cc5)C(=O)[C@H]42)[C@H]3c2ccc(C)cc2)cc1. The quantitative estimate of drug-likeness (QED) is 0.329. The first-order valence-electron chi connectivity index (χ1n) is 14.8. The lowest BCUT2D eigenvalue weighted by Gasteiger charge is -2.30. The minimum absolute atomic E-state index is 0.0372. The molecule has 10 heteroatoms. The zero-order valence-corrected chi connectivity index (χ0v) is 25.2. The molecule has 1 saturated heterocycles. The third kappa shape index (κ3) is 4.91. The molecule has 4 aliphatic rings. The number of hydrogen-bond acceptors (Lipinski definition) is 7. The van der Waals surface area contributed by atoms with Crippen LogP contribution in [0, 0.1) is 19.8 Å². The predicted octanol–water partition coefficient (Wildman–Crippen LogP) is 6.07. The summed E-state index contributed by atoms with van der Waals surface area (Å²) < 4.78 is 0. The van der Waals surface area contributed by atoms with E-state index in [0.717, 1.165) is 52.1 Å². The molecule has 0 bridgehead atoms. The van der Waals surface area contributed by atoms with Crippen LogP contribution in [-0.4, -0.2) is 52.1 Å². The molecular formula is C34H31ClN6O3. The monoisotopic (exact) mass is 606 g/mol. The minimum atomic E-state index is -1.00. The molecule has 0 unspecified atom stereocenters. The second-order valence-corrected chi connectivity index (χ2v) is 12.3. The summed E-state index contributed by atoms with van der Waals surface area (Å²) in [5.41, 5.74) is 6.90. The molecule has 3 aromatic rings. The van der Waals surface area contributed by atoms with E-state index in [-0.39, 0.29) is 24.4 Å². The zero-order chi connectivity index (χ0) is 30.5. The molecule has 44 heavy (non-hydrogen) atoms. The van der Waals surface area contributed by atoms with Gasteiger partial charge in [-0.15, -0.1) is 0 Å². The fraction of sp³-hybridized carbons (Fsp3) is 0.294. The maximum absolute atomic E-state index is 14.1. The Labute approximate surface area is 260 Å². The zero-order valence-electron chi connectivity index (χ0n) is 24.4. The number of allylic oxidation sites excluding steroid dienone is 1. The van der Waals surface area contributed by atoms with Crippen molar-refractivity contribution in [3.63, 3.8) is 0 Å². The predicted molar refractivity (Wildman–Crippen MR) is 168 cm³/mol. The van der Waals surface area contributed by atoms with Gasteiger partial charge in [-0.3, -0.25) is 19.4 Å². The lowest BCUT2D eigenvalue weighted by Crippen LogP contribution is -2.45. The number of hydrazone groups is 1. The first-order chi connectivity index (χ1) is 21.3. The number of hydrogen-bond donors (Lipinski definition) is 0. The molecule has 3 aliphatic heterocycles. The highest BCUT2D eigenvalue weighted by molar-refractivity contribution is 6.31.